The van der Waals surface area contributed by atoms with Gasteiger partial charge in [0.05, 0.1) is 24.7 Å². The molecule has 1 aliphatic heterocycles. The van der Waals surface area contributed by atoms with Crippen molar-refractivity contribution in [3.8, 4) is 10.6 Å². The lowest BCUT2D eigenvalue weighted by Gasteiger charge is -2.26. The lowest BCUT2D eigenvalue weighted by Crippen LogP contribution is -2.41. The normalized spacial score (nSPS) is 14.3. The van der Waals surface area contributed by atoms with Crippen LogP contribution in [-0.4, -0.2) is 64.7 Å². The van der Waals surface area contributed by atoms with Crippen LogP contribution >= 0.6 is 23.1 Å². The van der Waals surface area contributed by atoms with Crippen molar-refractivity contribution >= 4 is 40.0 Å². The van der Waals surface area contributed by atoms with E-state index in [1.54, 1.807) is 4.90 Å². The summed E-state index contributed by atoms with van der Waals surface area (Å²) in [7, 11) is 0. The van der Waals surface area contributed by atoms with E-state index in [-0.39, 0.29) is 17.6 Å². The van der Waals surface area contributed by atoms with Crippen LogP contribution in [0.1, 0.15) is 0 Å². The highest BCUT2D eigenvalue weighted by molar-refractivity contribution is 8.00. The Kier molecular flexibility index (Phi) is 6.37. The molecule has 0 saturated carbocycles. The topological polar surface area (TPSA) is 84.4 Å². The first-order valence-electron chi connectivity index (χ1n) is 7.84. The number of nitrogens with zero attached hydrogens (tertiary/aromatic N) is 3. The van der Waals surface area contributed by atoms with Crippen LogP contribution in [0.4, 0.5) is 5.13 Å². The van der Waals surface area contributed by atoms with Gasteiger partial charge >= 0.3 is 0 Å². The molecule has 1 N–H and O–H groups in total. The number of amides is 2. The van der Waals surface area contributed by atoms with Crippen molar-refractivity contribution in [2.24, 2.45) is 0 Å². The Morgan fingerprint density at radius 2 is 1.92 bits per heavy atom. The van der Waals surface area contributed by atoms with E-state index in [1.165, 1.54) is 23.1 Å². The number of benzene rings is 1. The number of hydrogen-bond donors (Lipinski definition) is 1. The van der Waals surface area contributed by atoms with Gasteiger partial charge in [0.1, 0.15) is 5.01 Å². The molecule has 3 rings (SSSR count). The second kappa shape index (κ2) is 8.93. The fourth-order valence-corrected chi connectivity index (χ4v) is 3.74. The molecule has 9 heteroatoms. The van der Waals surface area contributed by atoms with Gasteiger partial charge in [-0.25, -0.2) is 0 Å². The summed E-state index contributed by atoms with van der Waals surface area (Å²) in [4.78, 5) is 25.7. The summed E-state index contributed by atoms with van der Waals surface area (Å²) in [5, 5.41) is 12.0. The van der Waals surface area contributed by atoms with E-state index in [0.29, 0.717) is 37.2 Å². The number of thioether (sulfide) groups is 1. The number of aromatic nitrogens is 2. The molecule has 25 heavy (non-hydrogen) atoms. The first-order chi connectivity index (χ1) is 12.2. The molecule has 0 aliphatic carbocycles. The van der Waals surface area contributed by atoms with Crippen molar-refractivity contribution in [3.05, 3.63) is 30.3 Å². The Labute approximate surface area is 153 Å². The minimum atomic E-state index is -0.185. The maximum atomic E-state index is 12.0. The lowest BCUT2D eigenvalue weighted by atomic mass is 10.2. The summed E-state index contributed by atoms with van der Waals surface area (Å²) in [5.41, 5.74) is 0.964. The predicted molar refractivity (Wildman–Crippen MR) is 98.7 cm³/mol. The maximum absolute atomic E-state index is 12.0. The second-order valence-electron chi connectivity index (χ2n) is 5.31. The average molecular weight is 378 g/mol. The fourth-order valence-electron chi connectivity index (χ4n) is 2.26. The maximum Gasteiger partial charge on any atom is 0.236 e. The average Bonchev–Trinajstić information content (AvgIpc) is 3.11. The number of ether oxygens (including phenoxy) is 1. The third-order valence-electron chi connectivity index (χ3n) is 3.51. The molecule has 2 heterocycles. The summed E-state index contributed by atoms with van der Waals surface area (Å²) in [6, 6.07) is 9.68. The molecule has 0 radical (unpaired) electrons. The van der Waals surface area contributed by atoms with E-state index >= 15 is 0 Å². The Hall–Kier alpha value is -1.97. The zero-order valence-electron chi connectivity index (χ0n) is 13.5. The molecule has 0 bridgehead atoms. The zero-order valence-corrected chi connectivity index (χ0v) is 15.1. The molecule has 1 saturated heterocycles. The Morgan fingerprint density at radius 1 is 1.16 bits per heavy atom. The van der Waals surface area contributed by atoms with Crippen molar-refractivity contribution in [1.82, 2.24) is 15.1 Å². The molecule has 0 unspecified atom stereocenters. The van der Waals surface area contributed by atoms with E-state index in [9.17, 15) is 9.59 Å². The second-order valence-corrected chi connectivity index (χ2v) is 7.28. The van der Waals surface area contributed by atoms with Gasteiger partial charge in [-0.1, -0.05) is 41.7 Å². The number of carbonyl (C=O) groups is 2. The van der Waals surface area contributed by atoms with Crippen LogP contribution in [-0.2, 0) is 14.3 Å². The third kappa shape index (κ3) is 5.25. The van der Waals surface area contributed by atoms with Crippen LogP contribution < -0.4 is 5.32 Å². The quantitative estimate of drug-likeness (QED) is 0.824. The van der Waals surface area contributed by atoms with Gasteiger partial charge in [-0.3, -0.25) is 14.9 Å². The number of anilines is 1. The predicted octanol–water partition coefficient (Wildman–Crippen LogP) is 1.74. The smallest absolute Gasteiger partial charge is 0.236 e. The lowest BCUT2D eigenvalue weighted by molar-refractivity contribution is -0.132. The van der Waals surface area contributed by atoms with Gasteiger partial charge in [-0.15, -0.1) is 22.0 Å². The Balaban J connectivity index is 1.42. The van der Waals surface area contributed by atoms with Gasteiger partial charge in [0, 0.05) is 18.7 Å². The van der Waals surface area contributed by atoms with Crippen molar-refractivity contribution in [3.63, 3.8) is 0 Å². The first-order valence-corrected chi connectivity index (χ1v) is 9.81. The minimum absolute atomic E-state index is 0.0448. The van der Waals surface area contributed by atoms with Gasteiger partial charge in [-0.05, 0) is 0 Å². The molecular formula is C16H18N4O3S2. The van der Waals surface area contributed by atoms with Crippen LogP contribution in [0.3, 0.4) is 0 Å². The largest absolute Gasteiger partial charge is 0.378 e. The standard InChI is InChI=1S/C16H18N4O3S2/c21-13(10-24-11-14(22)20-6-8-23-9-7-20)17-16-19-18-15(25-16)12-4-2-1-3-5-12/h1-5H,6-11H2,(H,17,19,21). The van der Waals surface area contributed by atoms with E-state index in [1.807, 2.05) is 30.3 Å². The zero-order chi connectivity index (χ0) is 17.5. The van der Waals surface area contributed by atoms with Crippen molar-refractivity contribution in [2.45, 2.75) is 0 Å². The summed E-state index contributed by atoms with van der Waals surface area (Å²) in [5.74, 6) is 0.355. The molecule has 1 fully saturated rings. The van der Waals surface area contributed by atoms with E-state index in [2.05, 4.69) is 15.5 Å². The Bertz CT molecular complexity index is 717. The Morgan fingerprint density at radius 3 is 2.68 bits per heavy atom. The number of carbonyl (C=O) groups excluding carboxylic acids is 2. The highest BCUT2D eigenvalue weighted by Crippen LogP contribution is 2.25. The van der Waals surface area contributed by atoms with Gasteiger partial charge in [0.2, 0.25) is 16.9 Å². The monoisotopic (exact) mass is 378 g/mol. The van der Waals surface area contributed by atoms with Gasteiger partial charge in [-0.2, -0.15) is 0 Å². The number of morpholine rings is 1. The summed E-state index contributed by atoms with van der Waals surface area (Å²) < 4.78 is 5.22. The van der Waals surface area contributed by atoms with Gasteiger partial charge < -0.3 is 9.64 Å². The van der Waals surface area contributed by atoms with E-state index in [4.69, 9.17) is 4.74 Å². The third-order valence-corrected chi connectivity index (χ3v) is 5.32. The van der Waals surface area contributed by atoms with E-state index in [0.717, 1.165) is 10.6 Å². The molecule has 1 aromatic heterocycles. The van der Waals surface area contributed by atoms with Crippen LogP contribution in [0.2, 0.25) is 0 Å². The molecule has 1 aromatic carbocycles. The highest BCUT2D eigenvalue weighted by atomic mass is 32.2. The molecule has 2 amide bonds. The molecule has 132 valence electrons. The molecular weight excluding hydrogens is 360 g/mol. The number of rotatable bonds is 6. The first kappa shape index (κ1) is 17.8. The molecule has 2 aromatic rings. The molecule has 0 spiro atoms. The summed E-state index contributed by atoms with van der Waals surface area (Å²) >= 11 is 2.62. The SMILES string of the molecule is O=C(CSCC(=O)N1CCOCC1)Nc1nnc(-c2ccccc2)s1. The number of hydrogen-bond acceptors (Lipinski definition) is 7. The summed E-state index contributed by atoms with van der Waals surface area (Å²) in [6.45, 7) is 2.41. The van der Waals surface area contributed by atoms with Crippen molar-refractivity contribution in [2.75, 3.05) is 43.1 Å². The fraction of sp³-hybridized carbons (Fsp3) is 0.375. The highest BCUT2D eigenvalue weighted by Gasteiger charge is 2.17. The van der Waals surface area contributed by atoms with Crippen LogP contribution in [0.25, 0.3) is 10.6 Å². The molecule has 1 aliphatic rings. The van der Waals surface area contributed by atoms with Crippen molar-refractivity contribution in [1.29, 1.82) is 0 Å². The van der Waals surface area contributed by atoms with Gasteiger partial charge in [0.25, 0.3) is 0 Å². The minimum Gasteiger partial charge on any atom is -0.378 e. The van der Waals surface area contributed by atoms with Crippen molar-refractivity contribution < 1.29 is 14.3 Å². The van der Waals surface area contributed by atoms with Crippen LogP contribution in [0, 0.1) is 0 Å². The molecule has 7 nitrogen and oxygen atoms in total. The van der Waals surface area contributed by atoms with E-state index < -0.39 is 0 Å². The summed E-state index contributed by atoms with van der Waals surface area (Å²) in [6.07, 6.45) is 0. The van der Waals surface area contributed by atoms with Crippen LogP contribution in [0.5, 0.6) is 0 Å². The number of nitrogens with one attached hydrogen (secondary N) is 1. The molecule has 0 atom stereocenters. The van der Waals surface area contributed by atoms with Crippen LogP contribution in [0.15, 0.2) is 30.3 Å². The van der Waals surface area contributed by atoms with Gasteiger partial charge in [0.15, 0.2) is 0 Å².